The maximum Gasteiger partial charge on any atom is 0.313 e. The number of carbonyl (C=O) groups excluding carboxylic acids is 3. The quantitative estimate of drug-likeness (QED) is 0.206. The first-order chi connectivity index (χ1) is 16.8. The van der Waals surface area contributed by atoms with Crippen LogP contribution in [-0.4, -0.2) is 40.5 Å². The molecule has 11 heteroatoms. The van der Waals surface area contributed by atoms with Gasteiger partial charge in [-0.1, -0.05) is 42.0 Å². The van der Waals surface area contributed by atoms with Crippen LogP contribution in [0.3, 0.4) is 0 Å². The number of para-hydroxylation sites is 1. The largest absolute Gasteiger partial charge is 0.476 e. The third-order valence-electron chi connectivity index (χ3n) is 6.42. The summed E-state index contributed by atoms with van der Waals surface area (Å²) >= 11 is 6.06. The molecule has 2 fully saturated rings. The van der Waals surface area contributed by atoms with Gasteiger partial charge in [-0.15, -0.1) is 0 Å². The van der Waals surface area contributed by atoms with Crippen LogP contribution in [-0.2, 0) is 14.4 Å². The zero-order valence-electron chi connectivity index (χ0n) is 18.2. The van der Waals surface area contributed by atoms with Crippen LogP contribution in [0, 0.1) is 33.8 Å². The first-order valence-corrected chi connectivity index (χ1v) is 11.3. The Morgan fingerprint density at radius 2 is 1.83 bits per heavy atom. The minimum absolute atomic E-state index is 0.0240. The van der Waals surface area contributed by atoms with Gasteiger partial charge in [-0.2, -0.15) is 10.1 Å². The van der Waals surface area contributed by atoms with Gasteiger partial charge in [0.15, 0.2) is 6.61 Å². The van der Waals surface area contributed by atoms with E-state index in [4.69, 9.17) is 16.3 Å². The molecular formula is C24H19ClN4O6. The van der Waals surface area contributed by atoms with Gasteiger partial charge >= 0.3 is 5.69 Å². The van der Waals surface area contributed by atoms with Crippen LogP contribution in [0.1, 0.15) is 12.0 Å². The van der Waals surface area contributed by atoms with E-state index in [-0.39, 0.29) is 28.2 Å². The molecular weight excluding hydrogens is 476 g/mol. The first-order valence-electron chi connectivity index (χ1n) is 10.9. The monoisotopic (exact) mass is 494 g/mol. The van der Waals surface area contributed by atoms with Crippen molar-refractivity contribution in [2.45, 2.75) is 6.42 Å². The maximum absolute atomic E-state index is 12.9. The highest BCUT2D eigenvalue weighted by Crippen LogP contribution is 2.52. The van der Waals surface area contributed by atoms with E-state index in [1.165, 1.54) is 6.07 Å². The molecule has 3 aliphatic rings. The van der Waals surface area contributed by atoms with E-state index in [9.17, 15) is 24.5 Å². The van der Waals surface area contributed by atoms with Gasteiger partial charge in [0.2, 0.25) is 5.75 Å². The second kappa shape index (κ2) is 8.95. The van der Waals surface area contributed by atoms with Gasteiger partial charge in [0.05, 0.1) is 23.0 Å². The van der Waals surface area contributed by atoms with Crippen molar-refractivity contribution in [1.82, 2.24) is 5.01 Å². The SMILES string of the molecule is O=C(COc1c(C=NN2C(=O)C3C4C=CC(C4)C3C2=O)cc(Cl)cc1[N+](=O)[O-])Nc1ccccc1. The second-order valence-electron chi connectivity index (χ2n) is 8.54. The lowest BCUT2D eigenvalue weighted by Gasteiger charge is -2.13. The lowest BCUT2D eigenvalue weighted by molar-refractivity contribution is -0.385. The minimum atomic E-state index is -0.701. The summed E-state index contributed by atoms with van der Waals surface area (Å²) in [6, 6.07) is 11.1. The molecule has 0 radical (unpaired) electrons. The number of nitrogens with one attached hydrogen (secondary N) is 1. The number of amides is 3. The number of hydrazone groups is 1. The molecule has 2 aromatic carbocycles. The number of carbonyl (C=O) groups is 3. The fourth-order valence-electron chi connectivity index (χ4n) is 4.97. The van der Waals surface area contributed by atoms with Crippen LogP contribution in [0.25, 0.3) is 0 Å². The van der Waals surface area contributed by atoms with Crippen molar-refractivity contribution in [2.24, 2.45) is 28.8 Å². The van der Waals surface area contributed by atoms with Gasteiger partial charge in [0.25, 0.3) is 17.7 Å². The molecule has 3 amide bonds. The molecule has 2 aliphatic carbocycles. The number of hydrogen-bond acceptors (Lipinski definition) is 7. The summed E-state index contributed by atoms with van der Waals surface area (Å²) < 4.78 is 5.50. The van der Waals surface area contributed by atoms with Crippen molar-refractivity contribution in [3.8, 4) is 5.75 Å². The maximum atomic E-state index is 12.9. The lowest BCUT2D eigenvalue weighted by Crippen LogP contribution is -2.28. The van der Waals surface area contributed by atoms with Crippen molar-refractivity contribution >= 4 is 46.9 Å². The van der Waals surface area contributed by atoms with E-state index in [2.05, 4.69) is 10.4 Å². The van der Waals surface area contributed by atoms with Gasteiger partial charge < -0.3 is 10.1 Å². The lowest BCUT2D eigenvalue weighted by atomic mass is 9.85. The third kappa shape index (κ3) is 4.17. The molecule has 178 valence electrons. The van der Waals surface area contributed by atoms with Gasteiger partial charge in [0.1, 0.15) is 0 Å². The van der Waals surface area contributed by atoms with Crippen molar-refractivity contribution in [3.05, 3.63) is 75.3 Å². The number of anilines is 1. The van der Waals surface area contributed by atoms with Crippen molar-refractivity contribution < 1.29 is 24.0 Å². The van der Waals surface area contributed by atoms with Crippen molar-refractivity contribution in [1.29, 1.82) is 0 Å². The van der Waals surface area contributed by atoms with Crippen LogP contribution < -0.4 is 10.1 Å². The summed E-state index contributed by atoms with van der Waals surface area (Å²) in [4.78, 5) is 49.0. The topological polar surface area (TPSA) is 131 Å². The Bertz CT molecular complexity index is 1260. The highest BCUT2D eigenvalue weighted by atomic mass is 35.5. The number of benzene rings is 2. The molecule has 0 aromatic heterocycles. The molecule has 1 saturated heterocycles. The average molecular weight is 495 g/mol. The number of nitrogens with zero attached hydrogens (tertiary/aromatic N) is 3. The summed E-state index contributed by atoms with van der Waals surface area (Å²) in [5, 5.41) is 19.2. The molecule has 4 unspecified atom stereocenters. The Kier molecular flexibility index (Phi) is 5.81. The first kappa shape index (κ1) is 22.7. The molecule has 4 atom stereocenters. The molecule has 10 nitrogen and oxygen atoms in total. The van der Waals surface area contributed by atoms with E-state index in [0.717, 1.165) is 23.7 Å². The zero-order valence-corrected chi connectivity index (χ0v) is 18.9. The van der Waals surface area contributed by atoms with Gasteiger partial charge in [-0.25, -0.2) is 0 Å². The Balaban J connectivity index is 1.38. The van der Waals surface area contributed by atoms with E-state index >= 15 is 0 Å². The third-order valence-corrected chi connectivity index (χ3v) is 6.64. The Labute approximate surface area is 204 Å². The van der Waals surface area contributed by atoms with Crippen molar-refractivity contribution in [2.75, 3.05) is 11.9 Å². The van der Waals surface area contributed by atoms with E-state index in [1.807, 2.05) is 12.2 Å². The van der Waals surface area contributed by atoms with Crippen LogP contribution in [0.2, 0.25) is 5.02 Å². The number of halogens is 1. The van der Waals surface area contributed by atoms with E-state index in [1.54, 1.807) is 30.3 Å². The Morgan fingerprint density at radius 1 is 1.17 bits per heavy atom. The molecule has 5 rings (SSSR count). The molecule has 1 aliphatic heterocycles. The van der Waals surface area contributed by atoms with Crippen LogP contribution >= 0.6 is 11.6 Å². The Morgan fingerprint density at radius 3 is 2.46 bits per heavy atom. The van der Waals surface area contributed by atoms with Crippen LogP contribution in [0.4, 0.5) is 11.4 Å². The fraction of sp³-hybridized carbons (Fsp3) is 0.250. The number of imide groups is 1. The number of nitro benzene ring substituents is 1. The Hall–Kier alpha value is -4.05. The predicted octanol–water partition coefficient (Wildman–Crippen LogP) is 3.41. The summed E-state index contributed by atoms with van der Waals surface area (Å²) in [5.74, 6) is -2.39. The molecule has 1 heterocycles. The van der Waals surface area contributed by atoms with Gasteiger partial charge in [0, 0.05) is 22.3 Å². The number of ether oxygens (including phenoxy) is 1. The molecule has 0 spiro atoms. The number of allylic oxidation sites excluding steroid dienone is 2. The molecule has 35 heavy (non-hydrogen) atoms. The predicted molar refractivity (Wildman–Crippen MR) is 126 cm³/mol. The van der Waals surface area contributed by atoms with Crippen LogP contribution in [0.15, 0.2) is 59.7 Å². The standard InChI is InChI=1S/C24H19ClN4O6/c25-16-9-15(11-26-28-23(31)20-13-6-7-14(8-13)21(20)24(28)32)22(18(10-16)29(33)34)35-12-19(30)27-17-4-2-1-3-5-17/h1-7,9-11,13-14,20-21H,8,12H2,(H,27,30). The summed E-state index contributed by atoms with van der Waals surface area (Å²) in [7, 11) is 0. The summed E-state index contributed by atoms with van der Waals surface area (Å²) in [6.45, 7) is -0.529. The molecule has 2 aromatic rings. The average Bonchev–Trinajstić information content (AvgIpc) is 3.51. The number of rotatable bonds is 7. The highest BCUT2D eigenvalue weighted by Gasteiger charge is 2.59. The van der Waals surface area contributed by atoms with Crippen LogP contribution in [0.5, 0.6) is 5.75 Å². The fourth-order valence-corrected chi connectivity index (χ4v) is 5.19. The van der Waals surface area contributed by atoms with E-state index in [0.29, 0.717) is 5.69 Å². The number of hydrogen-bond donors (Lipinski definition) is 1. The summed E-state index contributed by atoms with van der Waals surface area (Å²) in [5.41, 5.74) is 0.105. The molecule has 1 saturated carbocycles. The second-order valence-corrected chi connectivity index (χ2v) is 8.97. The van der Waals surface area contributed by atoms with Crippen molar-refractivity contribution in [3.63, 3.8) is 0 Å². The zero-order chi connectivity index (χ0) is 24.7. The van der Waals surface area contributed by atoms with Gasteiger partial charge in [-0.3, -0.25) is 24.5 Å². The summed E-state index contributed by atoms with van der Waals surface area (Å²) in [6.07, 6.45) is 5.84. The minimum Gasteiger partial charge on any atom is -0.476 e. The smallest absolute Gasteiger partial charge is 0.313 e. The molecule has 1 N–H and O–H groups in total. The molecule has 2 bridgehead atoms. The van der Waals surface area contributed by atoms with E-state index < -0.39 is 46.8 Å². The highest BCUT2D eigenvalue weighted by molar-refractivity contribution is 6.31. The number of nitro groups is 1. The number of fused-ring (bicyclic) bond motifs is 5. The van der Waals surface area contributed by atoms with Gasteiger partial charge in [-0.05, 0) is 36.5 Å². The normalized spacial score (nSPS) is 24.3.